The Labute approximate surface area is 209 Å². The summed E-state index contributed by atoms with van der Waals surface area (Å²) in [5.41, 5.74) is 1.000. The maximum absolute atomic E-state index is 12.5. The summed E-state index contributed by atoms with van der Waals surface area (Å²) in [6, 6.07) is 22.0. The molecule has 0 aliphatic carbocycles. The van der Waals surface area contributed by atoms with Gasteiger partial charge < -0.3 is 25.2 Å². The molecule has 4 aromatic rings. The number of ether oxygens (including phenoxy) is 1. The van der Waals surface area contributed by atoms with Gasteiger partial charge in [-0.25, -0.2) is 0 Å². The van der Waals surface area contributed by atoms with Crippen LogP contribution in [0.25, 0.3) is 32.7 Å². The fourth-order valence-corrected chi connectivity index (χ4v) is 3.15. The molecule has 6 heteroatoms. The zero-order valence-electron chi connectivity index (χ0n) is 18.7. The smallest absolute Gasteiger partial charge is 0.872 e. The first kappa shape index (κ1) is 28.2. The topological polar surface area (TPSA) is 101 Å². The molecular formula is C27H26O5Ti. The van der Waals surface area contributed by atoms with Gasteiger partial charge in [-0.3, -0.25) is 0 Å². The Hall–Kier alpha value is -2.83. The van der Waals surface area contributed by atoms with E-state index in [1.807, 2.05) is 48.5 Å². The minimum absolute atomic E-state index is 0. The van der Waals surface area contributed by atoms with Crippen LogP contribution in [-0.4, -0.2) is 19.3 Å². The van der Waals surface area contributed by atoms with E-state index in [1.54, 1.807) is 38.1 Å². The van der Waals surface area contributed by atoms with Crippen LogP contribution in [0.4, 0.5) is 0 Å². The number of hydrogen-bond donors (Lipinski definition) is 0. The molecule has 0 amide bonds. The first-order valence-corrected chi connectivity index (χ1v) is 10.2. The normalized spacial score (nSPS) is 9.85. The second kappa shape index (κ2) is 14.3. The summed E-state index contributed by atoms with van der Waals surface area (Å²) >= 11 is 0. The van der Waals surface area contributed by atoms with Crippen LogP contribution in [-0.2, 0) is 26.5 Å². The Morgan fingerprint density at radius 1 is 0.788 bits per heavy atom. The first-order chi connectivity index (χ1) is 15.4. The molecular weight excluding hydrogens is 452 g/mol. The van der Waals surface area contributed by atoms with E-state index in [9.17, 15) is 20.4 Å². The second-order valence-corrected chi connectivity index (χ2v) is 7.11. The summed E-state index contributed by atoms with van der Waals surface area (Å²) in [5, 5.41) is 47.6. The summed E-state index contributed by atoms with van der Waals surface area (Å²) < 4.78 is 4.43. The van der Waals surface area contributed by atoms with Crippen LogP contribution in [0.2, 0.25) is 0 Å². The van der Waals surface area contributed by atoms with Gasteiger partial charge in [0.25, 0.3) is 0 Å². The van der Waals surface area contributed by atoms with Gasteiger partial charge in [-0.15, -0.1) is 24.2 Å². The van der Waals surface area contributed by atoms with E-state index >= 15 is 0 Å². The van der Waals surface area contributed by atoms with E-state index in [4.69, 9.17) is 0 Å². The summed E-state index contributed by atoms with van der Waals surface area (Å²) in [7, 11) is 0. The van der Waals surface area contributed by atoms with E-state index in [-0.39, 0.29) is 46.4 Å². The van der Waals surface area contributed by atoms with Gasteiger partial charge >= 0.3 is 21.7 Å². The van der Waals surface area contributed by atoms with Gasteiger partial charge in [-0.1, -0.05) is 93.2 Å². The summed E-state index contributed by atoms with van der Waals surface area (Å²) in [4.78, 5) is 0. The monoisotopic (exact) mass is 478 g/mol. The van der Waals surface area contributed by atoms with Crippen LogP contribution in [0.1, 0.15) is 13.8 Å². The SMILES string of the molecule is C=COCC[O-].CC(C)[O-].[O-]c1ccc2ccccc2c1-c1c([O-])ccc2ccccc12.[Ti+4]. The van der Waals surface area contributed by atoms with E-state index < -0.39 is 6.10 Å². The molecule has 4 aromatic carbocycles. The largest absolute Gasteiger partial charge is 4.00 e. The molecule has 0 spiro atoms. The standard InChI is InChI=1S/C20H14O2.C4H7O2.C3H7O.Ti/c21-17-11-9-13-5-1-3-7-15(13)19(17)20-16-8-4-2-6-14(16)10-12-18(20)22;1-2-6-4-3-5;1-3(2)4;/h1-12,21-22H;2H,1,3-4H2;3H,1-2H3;/q;2*-1;+4/p-2. The third-order valence-electron chi connectivity index (χ3n) is 4.35. The molecule has 0 N–H and O–H groups in total. The number of benzene rings is 4. The Morgan fingerprint density at radius 3 is 1.52 bits per heavy atom. The Bertz CT molecular complexity index is 1070. The van der Waals surface area contributed by atoms with E-state index in [1.165, 1.54) is 6.26 Å². The van der Waals surface area contributed by atoms with Crippen molar-refractivity contribution in [2.24, 2.45) is 0 Å². The van der Waals surface area contributed by atoms with Gasteiger partial charge in [-0.2, -0.15) is 0 Å². The van der Waals surface area contributed by atoms with Crippen LogP contribution in [0.5, 0.6) is 11.5 Å². The van der Waals surface area contributed by atoms with Gasteiger partial charge in [0.05, 0.1) is 12.9 Å². The number of fused-ring (bicyclic) bond motifs is 2. The molecule has 33 heavy (non-hydrogen) atoms. The van der Waals surface area contributed by atoms with Crippen LogP contribution >= 0.6 is 0 Å². The van der Waals surface area contributed by atoms with Gasteiger partial charge in [0.2, 0.25) is 0 Å². The first-order valence-electron chi connectivity index (χ1n) is 10.2. The Morgan fingerprint density at radius 2 is 1.18 bits per heavy atom. The molecule has 0 atom stereocenters. The van der Waals surface area contributed by atoms with Gasteiger partial charge in [0, 0.05) is 0 Å². The average Bonchev–Trinajstić information content (AvgIpc) is 2.78. The maximum atomic E-state index is 12.5. The maximum Gasteiger partial charge on any atom is 4.00 e. The van der Waals surface area contributed by atoms with Crippen molar-refractivity contribution in [1.82, 2.24) is 0 Å². The van der Waals surface area contributed by atoms with Crippen LogP contribution in [0, 0.1) is 0 Å². The predicted molar refractivity (Wildman–Crippen MR) is 122 cm³/mol. The molecule has 0 unspecified atom stereocenters. The van der Waals surface area contributed by atoms with Crippen molar-refractivity contribution >= 4 is 21.5 Å². The van der Waals surface area contributed by atoms with Crippen LogP contribution < -0.4 is 20.4 Å². The second-order valence-electron chi connectivity index (χ2n) is 7.11. The Kier molecular flexibility index (Phi) is 12.3. The molecule has 0 saturated carbocycles. The van der Waals surface area contributed by atoms with Gasteiger partial charge in [-0.05, 0) is 32.7 Å². The minimum atomic E-state index is -0.417. The quantitative estimate of drug-likeness (QED) is 0.255. The molecule has 0 aliphatic heterocycles. The number of hydrogen-bond acceptors (Lipinski definition) is 5. The van der Waals surface area contributed by atoms with Gasteiger partial charge in [0.15, 0.2) is 0 Å². The van der Waals surface area contributed by atoms with Crippen LogP contribution in [0.15, 0.2) is 85.6 Å². The van der Waals surface area contributed by atoms with Crippen molar-refractivity contribution < 1.29 is 46.9 Å². The molecule has 0 aliphatic rings. The number of rotatable bonds is 4. The predicted octanol–water partition coefficient (Wildman–Crippen LogP) is 3.07. The third kappa shape index (κ3) is 7.91. The van der Waals surface area contributed by atoms with E-state index in [0.717, 1.165) is 21.5 Å². The summed E-state index contributed by atoms with van der Waals surface area (Å²) in [6.07, 6.45) is 0.845. The third-order valence-corrected chi connectivity index (χ3v) is 4.35. The van der Waals surface area contributed by atoms with Crippen molar-refractivity contribution in [2.75, 3.05) is 13.2 Å². The molecule has 0 heterocycles. The van der Waals surface area contributed by atoms with Crippen molar-refractivity contribution in [3.05, 3.63) is 85.6 Å². The molecule has 0 radical (unpaired) electrons. The van der Waals surface area contributed by atoms with Crippen molar-refractivity contribution in [3.8, 4) is 22.6 Å². The molecule has 0 fully saturated rings. The molecule has 168 valence electrons. The average molecular weight is 478 g/mol. The molecule has 5 nitrogen and oxygen atoms in total. The minimum Gasteiger partial charge on any atom is -0.872 e. The van der Waals surface area contributed by atoms with Gasteiger partial charge in [0.1, 0.15) is 0 Å². The molecule has 0 bridgehead atoms. The zero-order valence-corrected chi connectivity index (χ0v) is 20.3. The fraction of sp³-hybridized carbons (Fsp3) is 0.185. The van der Waals surface area contributed by atoms with Crippen molar-refractivity contribution in [3.63, 3.8) is 0 Å². The zero-order chi connectivity index (χ0) is 23.5. The fourth-order valence-electron chi connectivity index (χ4n) is 3.15. The molecule has 0 aromatic heterocycles. The molecule has 0 saturated heterocycles. The van der Waals surface area contributed by atoms with E-state index in [0.29, 0.717) is 11.1 Å². The van der Waals surface area contributed by atoms with Crippen molar-refractivity contribution in [1.29, 1.82) is 0 Å². The summed E-state index contributed by atoms with van der Waals surface area (Å²) in [5.74, 6) is -0.237. The van der Waals surface area contributed by atoms with Crippen LogP contribution in [0.3, 0.4) is 0 Å². The Balaban J connectivity index is 0.000000423. The summed E-state index contributed by atoms with van der Waals surface area (Å²) in [6.45, 7) is 6.51. The molecule has 4 rings (SSSR count). The van der Waals surface area contributed by atoms with E-state index in [2.05, 4.69) is 11.3 Å². The van der Waals surface area contributed by atoms with Crippen molar-refractivity contribution in [2.45, 2.75) is 20.0 Å².